The van der Waals surface area contributed by atoms with Gasteiger partial charge in [-0.1, -0.05) is 6.07 Å². The van der Waals surface area contributed by atoms with Crippen molar-refractivity contribution in [2.24, 2.45) is 0 Å². The van der Waals surface area contributed by atoms with Crippen molar-refractivity contribution in [2.75, 3.05) is 12.4 Å². The fourth-order valence-corrected chi connectivity index (χ4v) is 3.76. The summed E-state index contributed by atoms with van der Waals surface area (Å²) in [6.45, 7) is 1.54. The number of methoxy groups -OCH3 is 1. The highest BCUT2D eigenvalue weighted by Crippen LogP contribution is 2.28. The van der Waals surface area contributed by atoms with Crippen LogP contribution in [-0.4, -0.2) is 32.5 Å². The monoisotopic (exact) mass is 409 g/mol. The van der Waals surface area contributed by atoms with Gasteiger partial charge in [0, 0.05) is 28.1 Å². The van der Waals surface area contributed by atoms with Crippen LogP contribution in [0.5, 0.6) is 5.75 Å². The average molecular weight is 409 g/mol. The fraction of sp³-hybridized carbons (Fsp3) is 0.105. The Labute approximate surface area is 168 Å². The Morgan fingerprint density at radius 1 is 1.24 bits per heavy atom. The van der Waals surface area contributed by atoms with Crippen molar-refractivity contribution in [1.82, 2.24) is 14.6 Å². The van der Waals surface area contributed by atoms with E-state index in [9.17, 15) is 14.9 Å². The lowest BCUT2D eigenvalue weighted by atomic mass is 10.1. The van der Waals surface area contributed by atoms with Gasteiger partial charge in [0.2, 0.25) is 4.96 Å². The molecule has 0 spiro atoms. The van der Waals surface area contributed by atoms with E-state index >= 15 is 0 Å². The van der Waals surface area contributed by atoms with Gasteiger partial charge in [-0.25, -0.2) is 4.52 Å². The molecule has 2 aromatic carbocycles. The largest absolute Gasteiger partial charge is 0.497 e. The quantitative estimate of drug-likeness (QED) is 0.395. The highest BCUT2D eigenvalue weighted by atomic mass is 32.1. The molecule has 0 aliphatic carbocycles. The van der Waals surface area contributed by atoms with E-state index in [4.69, 9.17) is 4.74 Å². The number of hydrogen-bond donors (Lipinski definition) is 1. The van der Waals surface area contributed by atoms with Crippen LogP contribution in [0.2, 0.25) is 0 Å². The van der Waals surface area contributed by atoms with Gasteiger partial charge in [0.25, 0.3) is 17.5 Å². The number of nitro benzene ring substituents is 1. The summed E-state index contributed by atoms with van der Waals surface area (Å²) in [7, 11) is 1.60. The number of nitro groups is 1. The van der Waals surface area contributed by atoms with Crippen LogP contribution in [-0.2, 0) is 0 Å². The number of carbonyl (C=O) groups is 1. The van der Waals surface area contributed by atoms with Crippen LogP contribution in [0.4, 0.5) is 11.6 Å². The Balaban J connectivity index is 1.63. The SMILES string of the molecule is COc1ccc(-c2csc3nc(NC(=O)c4cccc([N+](=O)[O-])c4C)nn23)cc1. The Morgan fingerprint density at radius 3 is 2.69 bits per heavy atom. The lowest BCUT2D eigenvalue weighted by molar-refractivity contribution is -0.385. The number of anilines is 1. The van der Waals surface area contributed by atoms with Gasteiger partial charge in [0.15, 0.2) is 0 Å². The molecule has 1 N–H and O–H groups in total. The van der Waals surface area contributed by atoms with Crippen LogP contribution in [0.3, 0.4) is 0 Å². The summed E-state index contributed by atoms with van der Waals surface area (Å²) in [5, 5.41) is 20.0. The molecule has 0 aliphatic rings. The number of carbonyl (C=O) groups excluding carboxylic acids is 1. The zero-order valence-corrected chi connectivity index (χ0v) is 16.3. The van der Waals surface area contributed by atoms with Crippen LogP contribution < -0.4 is 10.1 Å². The summed E-state index contributed by atoms with van der Waals surface area (Å²) in [6.07, 6.45) is 0. The van der Waals surface area contributed by atoms with Gasteiger partial charge >= 0.3 is 0 Å². The second-order valence-electron chi connectivity index (χ2n) is 6.14. The molecule has 0 unspecified atom stereocenters. The van der Waals surface area contributed by atoms with E-state index in [1.807, 2.05) is 29.6 Å². The van der Waals surface area contributed by atoms with Crippen LogP contribution in [0.25, 0.3) is 16.2 Å². The van der Waals surface area contributed by atoms with E-state index in [1.54, 1.807) is 11.6 Å². The van der Waals surface area contributed by atoms with E-state index in [2.05, 4.69) is 15.4 Å². The topological polar surface area (TPSA) is 112 Å². The molecule has 2 aromatic heterocycles. The van der Waals surface area contributed by atoms with E-state index in [0.717, 1.165) is 17.0 Å². The number of hydrogen-bond acceptors (Lipinski definition) is 7. The molecular weight excluding hydrogens is 394 g/mol. The summed E-state index contributed by atoms with van der Waals surface area (Å²) in [6, 6.07) is 11.9. The molecule has 0 saturated carbocycles. The summed E-state index contributed by atoms with van der Waals surface area (Å²) in [4.78, 5) is 28.1. The van der Waals surface area contributed by atoms with Gasteiger partial charge in [-0.3, -0.25) is 20.2 Å². The van der Waals surface area contributed by atoms with Gasteiger partial charge < -0.3 is 4.74 Å². The van der Waals surface area contributed by atoms with Gasteiger partial charge in [-0.2, -0.15) is 4.98 Å². The molecule has 0 bridgehead atoms. The Hall–Kier alpha value is -3.79. The maximum Gasteiger partial charge on any atom is 0.273 e. The molecule has 0 radical (unpaired) electrons. The summed E-state index contributed by atoms with van der Waals surface area (Å²) in [5.41, 5.74) is 2.13. The van der Waals surface area contributed by atoms with E-state index in [0.29, 0.717) is 4.96 Å². The minimum Gasteiger partial charge on any atom is -0.497 e. The average Bonchev–Trinajstić information content (AvgIpc) is 3.28. The first-order valence-electron chi connectivity index (χ1n) is 8.52. The summed E-state index contributed by atoms with van der Waals surface area (Å²) in [5.74, 6) is 0.372. The predicted molar refractivity (Wildman–Crippen MR) is 109 cm³/mol. The molecule has 2 heterocycles. The van der Waals surface area contributed by atoms with Crippen molar-refractivity contribution in [3.63, 3.8) is 0 Å². The molecule has 4 rings (SSSR count). The standard InChI is InChI=1S/C19H15N5O4S/c1-11-14(4-3-5-15(11)24(26)27)17(25)20-18-21-19-23(22-18)16(10-29-19)12-6-8-13(28-2)9-7-12/h3-10H,1-2H3,(H,20,22,25). The maximum absolute atomic E-state index is 12.6. The van der Waals surface area contributed by atoms with Crippen molar-refractivity contribution in [1.29, 1.82) is 0 Å². The minimum absolute atomic E-state index is 0.113. The normalized spacial score (nSPS) is 10.8. The van der Waals surface area contributed by atoms with Crippen molar-refractivity contribution >= 4 is 33.8 Å². The summed E-state index contributed by atoms with van der Waals surface area (Å²) < 4.78 is 6.82. The lowest BCUT2D eigenvalue weighted by Crippen LogP contribution is -2.15. The molecular formula is C19H15N5O4S. The van der Waals surface area contributed by atoms with Crippen molar-refractivity contribution in [2.45, 2.75) is 6.92 Å². The van der Waals surface area contributed by atoms with Gasteiger partial charge in [0.1, 0.15) is 5.75 Å². The number of rotatable bonds is 5. The van der Waals surface area contributed by atoms with Crippen molar-refractivity contribution in [3.8, 4) is 17.0 Å². The number of aromatic nitrogens is 3. The molecule has 0 fully saturated rings. The zero-order valence-electron chi connectivity index (χ0n) is 15.4. The van der Waals surface area contributed by atoms with Gasteiger partial charge in [0.05, 0.1) is 17.7 Å². The molecule has 0 atom stereocenters. The van der Waals surface area contributed by atoms with E-state index < -0.39 is 10.8 Å². The van der Waals surface area contributed by atoms with E-state index in [-0.39, 0.29) is 22.8 Å². The number of benzene rings is 2. The third-order valence-corrected chi connectivity index (χ3v) is 5.26. The molecule has 0 saturated heterocycles. The first-order chi connectivity index (χ1) is 14.0. The molecule has 9 nitrogen and oxygen atoms in total. The first-order valence-corrected chi connectivity index (χ1v) is 9.40. The third-order valence-electron chi connectivity index (χ3n) is 4.44. The lowest BCUT2D eigenvalue weighted by Gasteiger charge is -2.05. The molecule has 10 heteroatoms. The number of nitrogens with zero attached hydrogens (tertiary/aromatic N) is 4. The Kier molecular flexibility index (Phi) is 4.69. The molecule has 1 amide bonds. The van der Waals surface area contributed by atoms with Crippen LogP contribution in [0.1, 0.15) is 15.9 Å². The van der Waals surface area contributed by atoms with Crippen LogP contribution in [0, 0.1) is 17.0 Å². The number of fused-ring (bicyclic) bond motifs is 1. The Morgan fingerprint density at radius 2 is 2.00 bits per heavy atom. The maximum atomic E-state index is 12.6. The number of thiazole rings is 1. The zero-order chi connectivity index (χ0) is 20.5. The predicted octanol–water partition coefficient (Wildman–Crippen LogP) is 3.94. The van der Waals surface area contributed by atoms with Gasteiger partial charge in [-0.05, 0) is 37.3 Å². The minimum atomic E-state index is -0.516. The Bertz CT molecular complexity index is 1230. The second-order valence-corrected chi connectivity index (χ2v) is 6.98. The van der Waals surface area contributed by atoms with Crippen molar-refractivity contribution < 1.29 is 14.5 Å². The number of nitrogens with one attached hydrogen (secondary N) is 1. The highest BCUT2D eigenvalue weighted by Gasteiger charge is 2.20. The molecule has 29 heavy (non-hydrogen) atoms. The molecule has 4 aromatic rings. The fourth-order valence-electron chi connectivity index (χ4n) is 2.93. The number of ether oxygens (including phenoxy) is 1. The second kappa shape index (κ2) is 7.32. The van der Waals surface area contributed by atoms with E-state index in [1.165, 1.54) is 36.5 Å². The summed E-state index contributed by atoms with van der Waals surface area (Å²) >= 11 is 1.39. The highest BCUT2D eigenvalue weighted by molar-refractivity contribution is 7.15. The molecule has 0 aliphatic heterocycles. The van der Waals surface area contributed by atoms with Crippen LogP contribution in [0.15, 0.2) is 47.8 Å². The van der Waals surface area contributed by atoms with Crippen molar-refractivity contribution in [3.05, 3.63) is 69.1 Å². The van der Waals surface area contributed by atoms with Gasteiger partial charge in [-0.15, -0.1) is 16.4 Å². The third kappa shape index (κ3) is 3.41. The number of amides is 1. The smallest absolute Gasteiger partial charge is 0.273 e. The van der Waals surface area contributed by atoms with Crippen LogP contribution >= 0.6 is 11.3 Å². The first kappa shape index (κ1) is 18.6. The molecule has 146 valence electrons.